The fraction of sp³-hybridized carbons (Fsp3) is 0. The van der Waals surface area contributed by atoms with Crippen LogP contribution in [0.15, 0.2) is 24.3 Å². The third-order valence-corrected chi connectivity index (χ3v) is 1.49. The van der Waals surface area contributed by atoms with E-state index in [-0.39, 0.29) is 0 Å². The first-order chi connectivity index (χ1) is 3.93. The van der Waals surface area contributed by atoms with Crippen molar-refractivity contribution in [2.45, 2.75) is 0 Å². The van der Waals surface area contributed by atoms with Gasteiger partial charge in [-0.2, -0.15) is 9.12 Å². The molecule has 0 saturated heterocycles. The highest BCUT2D eigenvalue weighted by Crippen LogP contribution is 1.82. The number of benzene rings is 1. The Labute approximate surface area is 52.7 Å². The Morgan fingerprint density at radius 1 is 1.38 bits per heavy atom. The Kier molecular flexibility index (Phi) is 2.11. The summed E-state index contributed by atoms with van der Waals surface area (Å²) in [4.78, 5) is 0. The first kappa shape index (κ1) is 5.84. The van der Waals surface area contributed by atoms with Gasteiger partial charge in [0.15, 0.2) is 7.00 Å². The lowest BCUT2D eigenvalue weighted by molar-refractivity contribution is 1.75. The van der Waals surface area contributed by atoms with E-state index in [1.807, 2.05) is 12.1 Å². The highest BCUT2D eigenvalue weighted by atomic mass is 31.0. The topological polar surface area (TPSA) is 0 Å². The van der Waals surface area contributed by atoms with Crippen molar-refractivity contribution in [2.75, 3.05) is 0 Å². The summed E-state index contributed by atoms with van der Waals surface area (Å²) in [6.45, 7) is 1.04. The zero-order valence-electron chi connectivity index (χ0n) is 4.59. The van der Waals surface area contributed by atoms with Crippen molar-refractivity contribution in [3.63, 3.8) is 0 Å². The second-order valence-corrected chi connectivity index (χ2v) is 2.02. The Morgan fingerprint density at radius 3 is 2.38 bits per heavy atom. The van der Waals surface area contributed by atoms with Crippen LogP contribution in [0, 0.1) is 6.07 Å². The van der Waals surface area contributed by atoms with E-state index in [2.05, 4.69) is 27.3 Å². The van der Waals surface area contributed by atoms with Crippen molar-refractivity contribution in [2.24, 2.45) is 0 Å². The van der Waals surface area contributed by atoms with Gasteiger partial charge in [0, 0.05) is 0 Å². The minimum Gasteiger partial charge on any atom is -0.169 e. The van der Waals surface area contributed by atoms with Crippen molar-refractivity contribution in [1.82, 2.24) is 0 Å². The minimum absolute atomic E-state index is 1.04. The molecule has 0 bridgehead atoms. The molecule has 1 rings (SSSR count). The van der Waals surface area contributed by atoms with Crippen molar-refractivity contribution >= 4 is 21.6 Å². The summed E-state index contributed by atoms with van der Waals surface area (Å²) in [6.07, 6.45) is 0. The third-order valence-electron chi connectivity index (χ3n) is 1.02. The highest BCUT2D eigenvalue weighted by Gasteiger charge is 1.82. The molecular formula is C6H7BP. The van der Waals surface area contributed by atoms with Crippen molar-refractivity contribution < 1.29 is 0 Å². The Bertz CT molecular complexity index is 150. The average Bonchev–Trinajstić information content (AvgIpc) is 1.90. The summed E-state index contributed by atoms with van der Waals surface area (Å²) in [5.74, 6) is 0. The molecule has 1 radical (unpaired) electrons. The molecule has 1 aromatic rings. The van der Waals surface area contributed by atoms with Crippen molar-refractivity contribution in [1.29, 1.82) is 0 Å². The molecule has 0 N–H and O–H groups in total. The van der Waals surface area contributed by atoms with Crippen LogP contribution < -0.4 is 5.46 Å². The minimum atomic E-state index is 1.04. The maximum atomic E-state index is 2.96. The van der Waals surface area contributed by atoms with Crippen LogP contribution in [0.5, 0.6) is 0 Å². The molecule has 0 aliphatic rings. The van der Waals surface area contributed by atoms with Gasteiger partial charge in [0.1, 0.15) is 0 Å². The maximum absolute atomic E-state index is 2.96. The van der Waals surface area contributed by atoms with Crippen LogP contribution in [0.3, 0.4) is 0 Å². The first-order valence-corrected chi connectivity index (χ1v) is 3.40. The number of hydrogen-bond donors (Lipinski definition) is 0. The SMILES string of the molecule is PBc1cc[c]cc1. The predicted molar refractivity (Wildman–Crippen MR) is 41.8 cm³/mol. The second-order valence-electron chi connectivity index (χ2n) is 1.61. The van der Waals surface area contributed by atoms with Crippen LogP contribution in [-0.4, -0.2) is 7.00 Å². The van der Waals surface area contributed by atoms with Crippen LogP contribution in [0.4, 0.5) is 0 Å². The normalized spacial score (nSPS) is 8.62. The molecule has 2 heteroatoms. The van der Waals surface area contributed by atoms with Gasteiger partial charge in [-0.15, -0.1) is 0 Å². The zero-order valence-corrected chi connectivity index (χ0v) is 5.75. The molecule has 1 atom stereocenters. The van der Waals surface area contributed by atoms with Gasteiger partial charge in [-0.25, -0.2) is 0 Å². The summed E-state index contributed by atoms with van der Waals surface area (Å²) >= 11 is 0. The van der Waals surface area contributed by atoms with Gasteiger partial charge in [-0.3, -0.25) is 0 Å². The Hall–Kier alpha value is -0.285. The number of hydrogen-bond acceptors (Lipinski definition) is 0. The molecule has 0 saturated carbocycles. The van der Waals surface area contributed by atoms with Gasteiger partial charge in [0.2, 0.25) is 0 Å². The molecule has 1 aromatic carbocycles. The van der Waals surface area contributed by atoms with E-state index in [1.54, 1.807) is 0 Å². The van der Waals surface area contributed by atoms with E-state index >= 15 is 0 Å². The lowest BCUT2D eigenvalue weighted by Crippen LogP contribution is -2.05. The lowest BCUT2D eigenvalue weighted by Gasteiger charge is -1.87. The van der Waals surface area contributed by atoms with Gasteiger partial charge in [0.25, 0.3) is 0 Å². The molecule has 0 aliphatic heterocycles. The fourth-order valence-electron chi connectivity index (χ4n) is 0.557. The van der Waals surface area contributed by atoms with Crippen molar-refractivity contribution in [3.05, 3.63) is 30.3 Å². The maximum Gasteiger partial charge on any atom is 0.180 e. The molecule has 8 heavy (non-hydrogen) atoms. The second kappa shape index (κ2) is 2.89. The molecule has 0 heterocycles. The summed E-state index contributed by atoms with van der Waals surface area (Å²) < 4.78 is 0. The summed E-state index contributed by atoms with van der Waals surface area (Å²) in [7, 11) is 2.68. The van der Waals surface area contributed by atoms with E-state index in [9.17, 15) is 0 Å². The number of rotatable bonds is 1. The van der Waals surface area contributed by atoms with Crippen LogP contribution in [0.1, 0.15) is 0 Å². The quantitative estimate of drug-likeness (QED) is 0.371. The van der Waals surface area contributed by atoms with Gasteiger partial charge in [-0.05, 0) is 6.07 Å². The van der Waals surface area contributed by atoms with Crippen LogP contribution >= 0.6 is 9.12 Å². The molecule has 0 nitrogen and oxygen atoms in total. The standard InChI is InChI=1S/C6H7BP/c8-7-6-4-2-1-3-5-6/h2-5,7H,8H2. The molecule has 0 spiro atoms. The van der Waals surface area contributed by atoms with Crippen LogP contribution in [-0.2, 0) is 0 Å². The van der Waals surface area contributed by atoms with Gasteiger partial charge < -0.3 is 0 Å². The van der Waals surface area contributed by atoms with E-state index in [1.165, 1.54) is 5.46 Å². The third kappa shape index (κ3) is 1.35. The predicted octanol–water partition coefficient (Wildman–Crippen LogP) is 0.339. The van der Waals surface area contributed by atoms with E-state index < -0.39 is 0 Å². The molecule has 39 valence electrons. The van der Waals surface area contributed by atoms with Crippen LogP contribution in [0.25, 0.3) is 0 Å². The smallest absolute Gasteiger partial charge is 0.169 e. The average molecular weight is 121 g/mol. The molecule has 1 unspecified atom stereocenters. The molecular weight excluding hydrogens is 114 g/mol. The van der Waals surface area contributed by atoms with Gasteiger partial charge >= 0.3 is 0 Å². The summed E-state index contributed by atoms with van der Waals surface area (Å²) in [5.41, 5.74) is 1.34. The molecule has 0 fully saturated rings. The monoisotopic (exact) mass is 121 g/mol. The Balaban J connectivity index is 2.83. The summed E-state index contributed by atoms with van der Waals surface area (Å²) in [5, 5.41) is 0. The first-order valence-electron chi connectivity index (χ1n) is 2.58. The highest BCUT2D eigenvalue weighted by molar-refractivity contribution is 7.58. The van der Waals surface area contributed by atoms with E-state index in [0.717, 1.165) is 7.00 Å². The van der Waals surface area contributed by atoms with Crippen molar-refractivity contribution in [3.8, 4) is 0 Å². The zero-order chi connectivity index (χ0) is 5.82. The fourth-order valence-corrected chi connectivity index (χ4v) is 0.830. The van der Waals surface area contributed by atoms with Gasteiger partial charge in [-0.1, -0.05) is 29.7 Å². The van der Waals surface area contributed by atoms with E-state index in [0.29, 0.717) is 0 Å². The molecule has 0 aliphatic carbocycles. The summed E-state index contributed by atoms with van der Waals surface area (Å²) in [6, 6.07) is 10.9. The van der Waals surface area contributed by atoms with Gasteiger partial charge in [0.05, 0.1) is 0 Å². The lowest BCUT2D eigenvalue weighted by atomic mass is 9.95. The molecule has 0 aromatic heterocycles. The van der Waals surface area contributed by atoms with Crippen LogP contribution in [0.2, 0.25) is 0 Å². The van der Waals surface area contributed by atoms with E-state index in [4.69, 9.17) is 0 Å². The largest absolute Gasteiger partial charge is 0.180 e. The Morgan fingerprint density at radius 2 is 2.00 bits per heavy atom. The molecule has 0 amide bonds.